The maximum absolute atomic E-state index is 12.0. The molecule has 6 nitrogen and oxygen atoms in total. The highest BCUT2D eigenvalue weighted by molar-refractivity contribution is 6.56. The van der Waals surface area contributed by atoms with Gasteiger partial charge in [-0.1, -0.05) is 6.08 Å². The molecule has 0 spiro atoms. The molecule has 1 aliphatic rings. The number of aromatic amines is 1. The number of carbonyl (C=O) groups excluding carboxylic acids is 1. The second-order valence-corrected chi connectivity index (χ2v) is 7.18. The van der Waals surface area contributed by atoms with Gasteiger partial charge in [0.2, 0.25) is 5.91 Å². The minimum absolute atomic E-state index is 0.157. The number of pyridine rings is 1. The van der Waals surface area contributed by atoms with Gasteiger partial charge in [-0.25, -0.2) is 0 Å². The van der Waals surface area contributed by atoms with Crippen LogP contribution < -0.4 is 10.9 Å². The zero-order chi connectivity index (χ0) is 18.1. The van der Waals surface area contributed by atoms with E-state index in [1.54, 1.807) is 18.3 Å². The average Bonchev–Trinajstić information content (AvgIpc) is 2.66. The number of aryl methyl sites for hydroxylation is 1. The lowest BCUT2D eigenvalue weighted by molar-refractivity contribution is -0.118. The third-order valence-corrected chi connectivity index (χ3v) is 4.51. The fraction of sp³-hybridized carbons (Fsp3) is 0.529. The standard InChI is InChI=1S/C17H25BN2O4/c1-11-7-13(15(22)20-9-11)8-14(10-19-12(2)21)18-23-16(3,4)17(5,6)24-18/h7-9H,10H2,1-6H3,(H,19,21)(H,20,22). The van der Waals surface area contributed by atoms with Crippen molar-refractivity contribution in [1.82, 2.24) is 10.3 Å². The molecular weight excluding hydrogens is 307 g/mol. The topological polar surface area (TPSA) is 80.4 Å². The Kier molecular flexibility index (Phi) is 5.06. The van der Waals surface area contributed by atoms with Gasteiger partial charge in [-0.3, -0.25) is 9.59 Å². The first kappa shape index (κ1) is 18.5. The lowest BCUT2D eigenvalue weighted by atomic mass is 9.77. The molecule has 0 bridgehead atoms. The maximum Gasteiger partial charge on any atom is 0.492 e. The normalized spacial score (nSPS) is 19.4. The van der Waals surface area contributed by atoms with Crippen LogP contribution in [-0.2, 0) is 14.1 Å². The Hall–Kier alpha value is -1.86. The number of rotatable bonds is 4. The zero-order valence-electron chi connectivity index (χ0n) is 15.1. The van der Waals surface area contributed by atoms with Crippen LogP contribution in [0.2, 0.25) is 0 Å². The molecule has 1 aliphatic heterocycles. The van der Waals surface area contributed by atoms with E-state index < -0.39 is 18.3 Å². The molecule has 0 unspecified atom stereocenters. The Morgan fingerprint density at radius 2 is 1.88 bits per heavy atom. The van der Waals surface area contributed by atoms with E-state index >= 15 is 0 Å². The summed E-state index contributed by atoms with van der Waals surface area (Å²) in [5.41, 5.74) is 0.953. The Labute approximate surface area is 142 Å². The predicted molar refractivity (Wildman–Crippen MR) is 94.5 cm³/mol. The summed E-state index contributed by atoms with van der Waals surface area (Å²) in [5.74, 6) is -0.157. The summed E-state index contributed by atoms with van der Waals surface area (Å²) in [7, 11) is -0.623. The maximum atomic E-state index is 12.0. The van der Waals surface area contributed by atoms with Gasteiger partial charge in [0.25, 0.3) is 5.56 Å². The third kappa shape index (κ3) is 3.97. The molecule has 0 aliphatic carbocycles. The Bertz CT molecular complexity index is 706. The monoisotopic (exact) mass is 332 g/mol. The van der Waals surface area contributed by atoms with Gasteiger partial charge in [-0.05, 0) is 51.7 Å². The minimum Gasteiger partial charge on any atom is -0.400 e. The predicted octanol–water partition coefficient (Wildman–Crippen LogP) is 1.83. The first-order chi connectivity index (χ1) is 11.0. The molecule has 1 amide bonds. The lowest BCUT2D eigenvalue weighted by Crippen LogP contribution is -2.41. The summed E-state index contributed by atoms with van der Waals surface area (Å²) in [6, 6.07) is 1.79. The minimum atomic E-state index is -0.623. The van der Waals surface area contributed by atoms with Crippen LogP contribution in [-0.4, -0.2) is 35.8 Å². The van der Waals surface area contributed by atoms with Crippen molar-refractivity contribution < 1.29 is 14.1 Å². The molecule has 7 heteroatoms. The summed E-state index contributed by atoms with van der Waals surface area (Å²) >= 11 is 0. The van der Waals surface area contributed by atoms with E-state index in [1.807, 2.05) is 34.6 Å². The Morgan fingerprint density at radius 1 is 1.29 bits per heavy atom. The largest absolute Gasteiger partial charge is 0.492 e. The molecule has 2 heterocycles. The average molecular weight is 332 g/mol. The lowest BCUT2D eigenvalue weighted by Gasteiger charge is -2.32. The van der Waals surface area contributed by atoms with Gasteiger partial charge < -0.3 is 19.6 Å². The van der Waals surface area contributed by atoms with Crippen molar-refractivity contribution in [2.45, 2.75) is 52.7 Å². The second-order valence-electron chi connectivity index (χ2n) is 7.18. The molecule has 0 aromatic carbocycles. The molecule has 24 heavy (non-hydrogen) atoms. The summed E-state index contributed by atoms with van der Waals surface area (Å²) in [4.78, 5) is 26.0. The zero-order valence-corrected chi connectivity index (χ0v) is 15.1. The molecule has 1 saturated heterocycles. The molecule has 1 fully saturated rings. The molecule has 2 N–H and O–H groups in total. The highest BCUT2D eigenvalue weighted by atomic mass is 16.7. The highest BCUT2D eigenvalue weighted by Crippen LogP contribution is 2.38. The fourth-order valence-electron chi connectivity index (χ4n) is 2.35. The molecule has 130 valence electrons. The van der Waals surface area contributed by atoms with Crippen LogP contribution in [0.5, 0.6) is 0 Å². The second kappa shape index (κ2) is 6.57. The van der Waals surface area contributed by atoms with Crippen molar-refractivity contribution >= 4 is 19.1 Å². The SMILES string of the molecule is CC(=O)NCC(=Cc1cc(C)c[nH]c1=O)B1OC(C)(C)C(C)(C)O1. The first-order valence-electron chi connectivity index (χ1n) is 8.02. The van der Waals surface area contributed by atoms with E-state index in [4.69, 9.17) is 9.31 Å². The van der Waals surface area contributed by atoms with Gasteiger partial charge in [-0.15, -0.1) is 0 Å². The van der Waals surface area contributed by atoms with E-state index in [0.29, 0.717) is 11.0 Å². The van der Waals surface area contributed by atoms with Crippen molar-refractivity contribution in [3.05, 3.63) is 39.2 Å². The first-order valence-corrected chi connectivity index (χ1v) is 8.02. The molecule has 1 aromatic heterocycles. The Morgan fingerprint density at radius 3 is 2.42 bits per heavy atom. The van der Waals surface area contributed by atoms with Crippen molar-refractivity contribution in [3.63, 3.8) is 0 Å². The molecule has 0 saturated carbocycles. The van der Waals surface area contributed by atoms with E-state index in [-0.39, 0.29) is 18.0 Å². The van der Waals surface area contributed by atoms with Crippen LogP contribution in [0.4, 0.5) is 0 Å². The van der Waals surface area contributed by atoms with Gasteiger partial charge >= 0.3 is 7.12 Å². The number of hydrogen-bond donors (Lipinski definition) is 2. The number of hydrogen-bond acceptors (Lipinski definition) is 4. The van der Waals surface area contributed by atoms with Gasteiger partial charge in [-0.2, -0.15) is 0 Å². The van der Waals surface area contributed by atoms with Crippen LogP contribution in [0.25, 0.3) is 6.08 Å². The van der Waals surface area contributed by atoms with Crippen LogP contribution >= 0.6 is 0 Å². The summed E-state index contributed by atoms with van der Waals surface area (Å²) < 4.78 is 12.1. The van der Waals surface area contributed by atoms with Crippen molar-refractivity contribution in [2.75, 3.05) is 6.54 Å². The van der Waals surface area contributed by atoms with Gasteiger partial charge in [0, 0.05) is 25.2 Å². The summed E-state index contributed by atoms with van der Waals surface area (Å²) in [6.45, 7) is 11.4. The van der Waals surface area contributed by atoms with Crippen LogP contribution in [0, 0.1) is 6.92 Å². The molecular formula is C17H25BN2O4. The van der Waals surface area contributed by atoms with E-state index in [2.05, 4.69) is 10.3 Å². The van der Waals surface area contributed by atoms with Gasteiger partial charge in [0.15, 0.2) is 0 Å². The highest BCUT2D eigenvalue weighted by Gasteiger charge is 2.52. The number of carbonyl (C=O) groups is 1. The van der Waals surface area contributed by atoms with Gasteiger partial charge in [0.1, 0.15) is 0 Å². The summed E-state index contributed by atoms with van der Waals surface area (Å²) in [5, 5.41) is 2.75. The number of nitrogens with one attached hydrogen (secondary N) is 2. The van der Waals surface area contributed by atoms with Crippen LogP contribution in [0.1, 0.15) is 45.7 Å². The van der Waals surface area contributed by atoms with Crippen molar-refractivity contribution in [3.8, 4) is 0 Å². The fourth-order valence-corrected chi connectivity index (χ4v) is 2.35. The van der Waals surface area contributed by atoms with E-state index in [9.17, 15) is 9.59 Å². The smallest absolute Gasteiger partial charge is 0.400 e. The number of amides is 1. The summed E-state index contributed by atoms with van der Waals surface area (Å²) in [6.07, 6.45) is 3.38. The number of H-pyrrole nitrogens is 1. The van der Waals surface area contributed by atoms with Crippen LogP contribution in [0.3, 0.4) is 0 Å². The van der Waals surface area contributed by atoms with E-state index in [1.165, 1.54) is 6.92 Å². The molecule has 0 atom stereocenters. The molecule has 0 radical (unpaired) electrons. The molecule has 1 aromatic rings. The van der Waals surface area contributed by atoms with Crippen LogP contribution in [0.15, 0.2) is 22.5 Å². The Balaban J connectivity index is 2.39. The van der Waals surface area contributed by atoms with Crippen molar-refractivity contribution in [2.24, 2.45) is 0 Å². The van der Waals surface area contributed by atoms with E-state index in [0.717, 1.165) is 5.56 Å². The van der Waals surface area contributed by atoms with Gasteiger partial charge in [0.05, 0.1) is 11.2 Å². The number of aromatic nitrogens is 1. The quantitative estimate of drug-likeness (QED) is 0.825. The molecule has 2 rings (SSSR count). The third-order valence-electron chi connectivity index (χ3n) is 4.51. The van der Waals surface area contributed by atoms with Crippen molar-refractivity contribution in [1.29, 1.82) is 0 Å².